The quantitative estimate of drug-likeness (QED) is 0.207. The summed E-state index contributed by atoms with van der Waals surface area (Å²) >= 11 is 8.02. The summed E-state index contributed by atoms with van der Waals surface area (Å²) in [6.07, 6.45) is 1.37. The maximum Gasteiger partial charge on any atom is 0.335 e. The summed E-state index contributed by atoms with van der Waals surface area (Å²) in [5, 5.41) is 2.78. The van der Waals surface area contributed by atoms with Crippen LogP contribution in [-0.4, -0.2) is 24.5 Å². The number of benzene rings is 3. The van der Waals surface area contributed by atoms with Gasteiger partial charge in [0.25, 0.3) is 11.8 Å². The lowest BCUT2D eigenvalue weighted by Gasteiger charge is -2.26. The number of amides is 4. The zero-order chi connectivity index (χ0) is 25.8. The summed E-state index contributed by atoms with van der Waals surface area (Å²) in [4.78, 5) is 38.8. The average Bonchev–Trinajstić information content (AvgIpc) is 2.83. The third-order valence-electron chi connectivity index (χ3n) is 5.13. The minimum Gasteiger partial charge on any atom is -0.490 e. The predicted octanol–water partition coefficient (Wildman–Crippen LogP) is 5.73. The standard InChI is InChI=1S/C26H19ClFIN2O5/c1-2-35-22-13-16(12-21(29)23(22)36-14-15-3-5-17(27)6-4-15)11-20-24(32)30-26(34)31(25(20)33)19-9-7-18(28)8-10-19/h3-13H,2,14H2,1H3,(H,30,32,34)/b20-11+. The molecule has 36 heavy (non-hydrogen) atoms. The van der Waals surface area contributed by atoms with Gasteiger partial charge in [-0.1, -0.05) is 23.7 Å². The molecule has 10 heteroatoms. The van der Waals surface area contributed by atoms with Gasteiger partial charge in [-0.25, -0.2) is 14.1 Å². The Morgan fingerprint density at radius 2 is 1.72 bits per heavy atom. The molecule has 0 saturated carbocycles. The van der Waals surface area contributed by atoms with E-state index < -0.39 is 23.7 Å². The first kappa shape index (κ1) is 25.6. The summed E-state index contributed by atoms with van der Waals surface area (Å²) in [5.74, 6) is -1.24. The summed E-state index contributed by atoms with van der Waals surface area (Å²) in [7, 11) is 0. The van der Waals surface area contributed by atoms with Crippen molar-refractivity contribution in [1.29, 1.82) is 0 Å². The molecule has 0 spiro atoms. The molecule has 1 fully saturated rings. The first-order valence-electron chi connectivity index (χ1n) is 10.8. The van der Waals surface area contributed by atoms with Crippen LogP contribution in [-0.2, 0) is 16.2 Å². The van der Waals surface area contributed by atoms with Gasteiger partial charge in [0, 0.05) is 5.02 Å². The number of ether oxygens (including phenoxy) is 2. The van der Waals surface area contributed by atoms with Crippen LogP contribution in [0, 0.1) is 9.39 Å². The van der Waals surface area contributed by atoms with Crippen molar-refractivity contribution in [3.8, 4) is 11.5 Å². The highest BCUT2D eigenvalue weighted by molar-refractivity contribution is 14.1. The number of nitrogens with zero attached hydrogens (tertiary/aromatic N) is 1. The second kappa shape index (κ2) is 11.1. The number of carbonyl (C=O) groups is 3. The number of barbiturate groups is 1. The van der Waals surface area contributed by atoms with Gasteiger partial charge in [-0.3, -0.25) is 14.9 Å². The molecule has 0 aliphatic carbocycles. The van der Waals surface area contributed by atoms with Gasteiger partial charge in [-0.05, 0) is 95.2 Å². The molecule has 0 bridgehead atoms. The fourth-order valence-corrected chi connectivity index (χ4v) is 4.37. The van der Waals surface area contributed by atoms with Gasteiger partial charge in [0.05, 0.1) is 15.9 Å². The van der Waals surface area contributed by atoms with Crippen molar-refractivity contribution < 1.29 is 28.2 Å². The molecule has 4 rings (SSSR count). The number of anilines is 1. The molecular weight excluding hydrogens is 602 g/mol. The van der Waals surface area contributed by atoms with E-state index in [0.717, 1.165) is 22.6 Å². The molecule has 1 saturated heterocycles. The zero-order valence-electron chi connectivity index (χ0n) is 18.9. The molecule has 3 aromatic carbocycles. The van der Waals surface area contributed by atoms with Crippen molar-refractivity contribution in [3.63, 3.8) is 0 Å². The molecule has 4 amide bonds. The van der Waals surface area contributed by atoms with Crippen LogP contribution in [0.3, 0.4) is 0 Å². The van der Waals surface area contributed by atoms with Crippen molar-refractivity contribution in [1.82, 2.24) is 5.32 Å². The van der Waals surface area contributed by atoms with E-state index in [-0.39, 0.29) is 17.9 Å². The molecule has 184 valence electrons. The van der Waals surface area contributed by atoms with Crippen molar-refractivity contribution in [2.75, 3.05) is 11.5 Å². The number of rotatable bonds is 7. The topological polar surface area (TPSA) is 84.9 Å². The fourth-order valence-electron chi connectivity index (χ4n) is 3.46. The fraction of sp³-hybridized carbons (Fsp3) is 0.115. The number of nitrogens with one attached hydrogen (secondary N) is 1. The van der Waals surface area contributed by atoms with E-state index in [1.807, 2.05) is 19.1 Å². The van der Waals surface area contributed by atoms with Crippen LogP contribution in [0.1, 0.15) is 18.1 Å². The van der Waals surface area contributed by atoms with Crippen molar-refractivity contribution in [2.24, 2.45) is 0 Å². The number of imide groups is 2. The van der Waals surface area contributed by atoms with Gasteiger partial charge in [-0.2, -0.15) is 0 Å². The highest BCUT2D eigenvalue weighted by Crippen LogP contribution is 2.36. The maximum atomic E-state index is 13.3. The molecule has 0 atom stereocenters. The lowest BCUT2D eigenvalue weighted by atomic mass is 10.1. The van der Waals surface area contributed by atoms with Crippen LogP contribution in [0.5, 0.6) is 11.5 Å². The van der Waals surface area contributed by atoms with Crippen LogP contribution < -0.4 is 19.7 Å². The van der Waals surface area contributed by atoms with Crippen LogP contribution in [0.4, 0.5) is 14.9 Å². The molecule has 1 N–H and O–H groups in total. The lowest BCUT2D eigenvalue weighted by molar-refractivity contribution is -0.122. The molecule has 1 heterocycles. The number of urea groups is 1. The van der Waals surface area contributed by atoms with Gasteiger partial charge < -0.3 is 9.47 Å². The number of hydrogen-bond acceptors (Lipinski definition) is 5. The van der Waals surface area contributed by atoms with E-state index in [9.17, 15) is 18.8 Å². The Labute approximate surface area is 225 Å². The largest absolute Gasteiger partial charge is 0.490 e. The molecule has 1 aliphatic rings. The minimum atomic E-state index is -0.913. The molecule has 1 aliphatic heterocycles. The Hall–Kier alpha value is -3.44. The predicted molar refractivity (Wildman–Crippen MR) is 142 cm³/mol. The van der Waals surface area contributed by atoms with Crippen LogP contribution in [0.2, 0.25) is 5.02 Å². The van der Waals surface area contributed by atoms with Crippen LogP contribution >= 0.6 is 34.2 Å². The molecular formula is C26H19ClFIN2O5. The summed E-state index contributed by atoms with van der Waals surface area (Å²) in [5.41, 5.74) is 1.28. The molecule has 0 aromatic heterocycles. The SMILES string of the molecule is CCOc1cc(/C=C2\C(=O)NC(=O)N(c3ccc(F)cc3)C2=O)cc(I)c1OCc1ccc(Cl)cc1. The van der Waals surface area contributed by atoms with Gasteiger partial charge in [0.2, 0.25) is 0 Å². The Kier molecular flexibility index (Phi) is 7.90. The maximum absolute atomic E-state index is 13.3. The molecule has 3 aromatic rings. The minimum absolute atomic E-state index is 0.132. The molecule has 0 unspecified atom stereocenters. The van der Waals surface area contributed by atoms with Gasteiger partial charge >= 0.3 is 6.03 Å². The van der Waals surface area contributed by atoms with Crippen LogP contribution in [0.15, 0.2) is 66.2 Å². The van der Waals surface area contributed by atoms with E-state index >= 15 is 0 Å². The van der Waals surface area contributed by atoms with Crippen LogP contribution in [0.25, 0.3) is 6.08 Å². The third kappa shape index (κ3) is 5.68. The zero-order valence-corrected chi connectivity index (χ0v) is 21.8. The Balaban J connectivity index is 1.65. The smallest absolute Gasteiger partial charge is 0.335 e. The molecule has 7 nitrogen and oxygen atoms in total. The third-order valence-corrected chi connectivity index (χ3v) is 6.18. The Morgan fingerprint density at radius 3 is 2.39 bits per heavy atom. The Bertz CT molecular complexity index is 1360. The van der Waals surface area contributed by atoms with E-state index in [1.165, 1.54) is 18.2 Å². The van der Waals surface area contributed by atoms with E-state index in [1.54, 1.807) is 24.3 Å². The van der Waals surface area contributed by atoms with Gasteiger partial charge in [0.15, 0.2) is 11.5 Å². The highest BCUT2D eigenvalue weighted by atomic mass is 127. The van der Waals surface area contributed by atoms with Crippen molar-refractivity contribution in [3.05, 3.63) is 91.8 Å². The lowest BCUT2D eigenvalue weighted by Crippen LogP contribution is -2.54. The van der Waals surface area contributed by atoms with E-state index in [4.69, 9.17) is 21.1 Å². The second-order valence-corrected chi connectivity index (χ2v) is 9.21. The monoisotopic (exact) mass is 620 g/mol. The van der Waals surface area contributed by atoms with Gasteiger partial charge in [-0.15, -0.1) is 0 Å². The van der Waals surface area contributed by atoms with Gasteiger partial charge in [0.1, 0.15) is 18.0 Å². The van der Waals surface area contributed by atoms with Crippen molar-refractivity contribution >= 4 is 63.8 Å². The summed E-state index contributed by atoms with van der Waals surface area (Å²) < 4.78 is 25.8. The second-order valence-electron chi connectivity index (χ2n) is 7.61. The summed E-state index contributed by atoms with van der Waals surface area (Å²) in [6, 6.07) is 14.5. The normalized spacial score (nSPS) is 14.7. The number of halogens is 3. The van der Waals surface area contributed by atoms with E-state index in [0.29, 0.717) is 32.3 Å². The molecule has 0 radical (unpaired) electrons. The Morgan fingerprint density at radius 1 is 1.03 bits per heavy atom. The number of hydrogen-bond donors (Lipinski definition) is 1. The van der Waals surface area contributed by atoms with E-state index in [2.05, 4.69) is 27.9 Å². The first-order chi connectivity index (χ1) is 17.3. The summed E-state index contributed by atoms with van der Waals surface area (Å²) in [6.45, 7) is 2.47. The average molecular weight is 621 g/mol. The number of carbonyl (C=O) groups excluding carboxylic acids is 3. The van der Waals surface area contributed by atoms with Crippen molar-refractivity contribution in [2.45, 2.75) is 13.5 Å². The first-order valence-corrected chi connectivity index (χ1v) is 12.2. The highest BCUT2D eigenvalue weighted by Gasteiger charge is 2.36.